The van der Waals surface area contributed by atoms with E-state index in [1.807, 2.05) is 36.4 Å². The van der Waals surface area contributed by atoms with Crippen molar-refractivity contribution in [1.82, 2.24) is 4.90 Å². The summed E-state index contributed by atoms with van der Waals surface area (Å²) in [5, 5.41) is 0.930. The van der Waals surface area contributed by atoms with Crippen molar-refractivity contribution in [2.75, 3.05) is 7.11 Å². The van der Waals surface area contributed by atoms with Gasteiger partial charge in [-0.15, -0.1) is 0 Å². The highest BCUT2D eigenvalue weighted by atomic mass is 35.5. The summed E-state index contributed by atoms with van der Waals surface area (Å²) in [5.41, 5.74) is 1.77. The minimum atomic E-state index is -0.145. The zero-order valence-electron chi connectivity index (χ0n) is 15.7. The summed E-state index contributed by atoms with van der Waals surface area (Å²) < 4.78 is 11.5. The van der Waals surface area contributed by atoms with Crippen molar-refractivity contribution in [3.63, 3.8) is 0 Å². The van der Waals surface area contributed by atoms with Crippen LogP contribution in [0, 0.1) is 0 Å². The van der Waals surface area contributed by atoms with Crippen LogP contribution in [0.4, 0.5) is 0 Å². The van der Waals surface area contributed by atoms with Gasteiger partial charge in [0.15, 0.2) is 0 Å². The first kappa shape index (κ1) is 21.0. The normalized spacial score (nSPS) is 15.3. The van der Waals surface area contributed by atoms with Gasteiger partial charge in [0.1, 0.15) is 21.6 Å². The molecule has 0 radical (unpaired) electrons. The van der Waals surface area contributed by atoms with Crippen molar-refractivity contribution < 1.29 is 13.9 Å². The molecule has 4 rings (SSSR count). The Labute approximate surface area is 193 Å². The Morgan fingerprint density at radius 2 is 1.87 bits per heavy atom. The predicted molar refractivity (Wildman–Crippen MR) is 126 cm³/mol. The van der Waals surface area contributed by atoms with Gasteiger partial charge in [-0.2, -0.15) is 0 Å². The summed E-state index contributed by atoms with van der Waals surface area (Å²) in [6, 6.07) is 16.4. The molecular weight excluding hydrogens is 461 g/mol. The molecule has 0 spiro atoms. The molecule has 30 heavy (non-hydrogen) atoms. The van der Waals surface area contributed by atoms with E-state index < -0.39 is 0 Å². The molecule has 2 heterocycles. The maximum atomic E-state index is 12.9. The zero-order chi connectivity index (χ0) is 21.3. The highest BCUT2D eigenvalue weighted by Crippen LogP contribution is 2.35. The Balaban J connectivity index is 1.51. The van der Waals surface area contributed by atoms with Crippen molar-refractivity contribution in [3.05, 3.63) is 80.9 Å². The lowest BCUT2D eigenvalue weighted by Crippen LogP contribution is -2.27. The summed E-state index contributed by atoms with van der Waals surface area (Å²) >= 11 is 18.7. The second-order valence-corrected chi connectivity index (χ2v) is 8.94. The molecular formula is C22H15Cl2NO3S2. The number of rotatable bonds is 5. The lowest BCUT2D eigenvalue weighted by Gasteiger charge is -2.14. The monoisotopic (exact) mass is 475 g/mol. The van der Waals surface area contributed by atoms with E-state index in [-0.39, 0.29) is 5.91 Å². The van der Waals surface area contributed by atoms with Crippen molar-refractivity contribution in [1.29, 1.82) is 0 Å². The lowest BCUT2D eigenvalue weighted by atomic mass is 10.2. The maximum Gasteiger partial charge on any atom is 0.266 e. The number of thioether (sulfide) groups is 1. The van der Waals surface area contributed by atoms with Gasteiger partial charge in [0, 0.05) is 11.6 Å². The van der Waals surface area contributed by atoms with Gasteiger partial charge in [-0.25, -0.2) is 0 Å². The molecule has 1 amide bonds. The van der Waals surface area contributed by atoms with Crippen LogP contribution in [0.15, 0.2) is 63.9 Å². The van der Waals surface area contributed by atoms with Gasteiger partial charge in [-0.05, 0) is 48.0 Å². The van der Waals surface area contributed by atoms with E-state index in [1.54, 1.807) is 36.3 Å². The predicted octanol–water partition coefficient (Wildman–Crippen LogP) is 6.66. The Hall–Kier alpha value is -2.25. The fourth-order valence-corrected chi connectivity index (χ4v) is 4.45. The minimum absolute atomic E-state index is 0.145. The molecule has 0 atom stereocenters. The molecule has 0 aliphatic carbocycles. The molecule has 152 valence electrons. The number of carbonyl (C=O) groups excluding carboxylic acids is 1. The van der Waals surface area contributed by atoms with Gasteiger partial charge in [0.2, 0.25) is 0 Å². The number of hydrogen-bond acceptors (Lipinski definition) is 5. The Bertz CT molecular complexity index is 1160. The molecule has 1 aromatic heterocycles. The van der Waals surface area contributed by atoms with Gasteiger partial charge in [0.05, 0.1) is 28.6 Å². The average molecular weight is 476 g/mol. The van der Waals surface area contributed by atoms with Crippen LogP contribution in [-0.2, 0) is 11.3 Å². The van der Waals surface area contributed by atoms with Crippen LogP contribution in [0.5, 0.6) is 5.75 Å². The molecule has 8 heteroatoms. The summed E-state index contributed by atoms with van der Waals surface area (Å²) in [6.07, 6.45) is 1.70. The van der Waals surface area contributed by atoms with Gasteiger partial charge in [-0.3, -0.25) is 9.69 Å². The van der Waals surface area contributed by atoms with Crippen LogP contribution >= 0.6 is 47.2 Å². The van der Waals surface area contributed by atoms with Crippen LogP contribution in [0.25, 0.3) is 17.4 Å². The number of thiocarbonyl (C=S) groups is 1. The van der Waals surface area contributed by atoms with E-state index in [0.717, 1.165) is 16.9 Å². The first-order valence-corrected chi connectivity index (χ1v) is 10.9. The first-order chi connectivity index (χ1) is 14.4. The number of hydrogen-bond donors (Lipinski definition) is 0. The quantitative estimate of drug-likeness (QED) is 0.304. The number of halogens is 2. The standard InChI is InChI=1S/C22H15Cl2NO3S2/c1-27-15-5-2-13(3-6-15)12-25-21(26)20(30-22(25)29)11-16-7-9-19(28-16)14-4-8-17(23)18(24)10-14/h2-11H,12H2,1H3. The number of amides is 1. The topological polar surface area (TPSA) is 42.7 Å². The lowest BCUT2D eigenvalue weighted by molar-refractivity contribution is -0.122. The average Bonchev–Trinajstić information content (AvgIpc) is 3.31. The summed E-state index contributed by atoms with van der Waals surface area (Å²) in [4.78, 5) is 15.0. The minimum Gasteiger partial charge on any atom is -0.497 e. The molecule has 2 aromatic carbocycles. The molecule has 1 fully saturated rings. The van der Waals surface area contributed by atoms with Crippen molar-refractivity contribution in [2.24, 2.45) is 0 Å². The van der Waals surface area contributed by atoms with Crippen LogP contribution < -0.4 is 4.74 Å². The van der Waals surface area contributed by atoms with Gasteiger partial charge in [0.25, 0.3) is 5.91 Å². The first-order valence-electron chi connectivity index (χ1n) is 8.88. The largest absolute Gasteiger partial charge is 0.497 e. The molecule has 0 unspecified atom stereocenters. The third-order valence-electron chi connectivity index (χ3n) is 4.48. The van der Waals surface area contributed by atoms with Crippen molar-refractivity contribution >= 4 is 63.5 Å². The molecule has 0 N–H and O–H groups in total. The number of methoxy groups -OCH3 is 1. The van der Waals surface area contributed by atoms with Crippen LogP contribution in [0.2, 0.25) is 10.0 Å². The van der Waals surface area contributed by atoms with E-state index in [0.29, 0.717) is 37.3 Å². The Morgan fingerprint density at radius 3 is 2.57 bits per heavy atom. The van der Waals surface area contributed by atoms with Crippen LogP contribution in [0.1, 0.15) is 11.3 Å². The Kier molecular flexibility index (Phi) is 6.20. The van der Waals surface area contributed by atoms with Gasteiger partial charge >= 0.3 is 0 Å². The highest BCUT2D eigenvalue weighted by molar-refractivity contribution is 8.26. The molecule has 1 aliphatic rings. The number of carbonyl (C=O) groups is 1. The Morgan fingerprint density at radius 1 is 1.10 bits per heavy atom. The highest BCUT2D eigenvalue weighted by Gasteiger charge is 2.32. The molecule has 0 bridgehead atoms. The molecule has 3 aromatic rings. The molecule has 0 saturated carbocycles. The van der Waals surface area contributed by atoms with E-state index in [1.165, 1.54) is 11.8 Å². The second kappa shape index (κ2) is 8.86. The number of ether oxygens (including phenoxy) is 1. The van der Waals surface area contributed by atoms with E-state index in [2.05, 4.69) is 0 Å². The van der Waals surface area contributed by atoms with E-state index in [4.69, 9.17) is 44.6 Å². The van der Waals surface area contributed by atoms with Crippen LogP contribution in [-0.4, -0.2) is 22.2 Å². The third-order valence-corrected chi connectivity index (χ3v) is 6.59. The SMILES string of the molecule is COc1ccc(CN2C(=O)C(=Cc3ccc(-c4ccc(Cl)c(Cl)c4)o3)SC2=S)cc1. The molecule has 4 nitrogen and oxygen atoms in total. The number of nitrogens with zero attached hydrogens (tertiary/aromatic N) is 1. The fourth-order valence-electron chi connectivity index (χ4n) is 2.91. The molecule has 1 aliphatic heterocycles. The maximum absolute atomic E-state index is 12.9. The third kappa shape index (κ3) is 4.42. The fraction of sp³-hybridized carbons (Fsp3) is 0.0909. The molecule has 1 saturated heterocycles. The summed E-state index contributed by atoms with van der Waals surface area (Å²) in [7, 11) is 1.61. The van der Waals surface area contributed by atoms with Crippen molar-refractivity contribution in [3.8, 4) is 17.1 Å². The van der Waals surface area contributed by atoms with Gasteiger partial charge in [-0.1, -0.05) is 59.3 Å². The second-order valence-electron chi connectivity index (χ2n) is 6.45. The van der Waals surface area contributed by atoms with Gasteiger partial charge < -0.3 is 9.15 Å². The smallest absolute Gasteiger partial charge is 0.266 e. The van der Waals surface area contributed by atoms with E-state index >= 15 is 0 Å². The number of furan rings is 1. The van der Waals surface area contributed by atoms with E-state index in [9.17, 15) is 4.79 Å². The zero-order valence-corrected chi connectivity index (χ0v) is 18.9. The van der Waals surface area contributed by atoms with Crippen molar-refractivity contribution in [2.45, 2.75) is 6.54 Å². The van der Waals surface area contributed by atoms with Crippen LogP contribution in [0.3, 0.4) is 0 Å². The summed E-state index contributed by atoms with van der Waals surface area (Å²) in [5.74, 6) is 1.81. The summed E-state index contributed by atoms with van der Waals surface area (Å²) in [6.45, 7) is 0.401. The number of benzene rings is 2.